The van der Waals surface area contributed by atoms with Crippen LogP contribution in [0.2, 0.25) is 0 Å². The van der Waals surface area contributed by atoms with E-state index in [0.29, 0.717) is 23.8 Å². The largest absolute Gasteiger partial charge is 0.385 e. The average Bonchev–Trinajstić information content (AvgIpc) is 2.64. The first kappa shape index (κ1) is 20.8. The van der Waals surface area contributed by atoms with Crippen molar-refractivity contribution in [1.29, 1.82) is 0 Å². The molecule has 0 unspecified atom stereocenters. The van der Waals surface area contributed by atoms with Gasteiger partial charge in [0.05, 0.1) is 6.42 Å². The number of ether oxygens (including phenoxy) is 1. The van der Waals surface area contributed by atoms with Gasteiger partial charge in [-0.2, -0.15) is 0 Å². The van der Waals surface area contributed by atoms with Crippen LogP contribution in [0.4, 0.5) is 0 Å². The molecule has 3 amide bonds. The van der Waals surface area contributed by atoms with Gasteiger partial charge in [-0.3, -0.25) is 29.7 Å². The lowest BCUT2D eigenvalue weighted by Gasteiger charge is -2.27. The van der Waals surface area contributed by atoms with Crippen LogP contribution < -0.4 is 10.7 Å². The number of thiocarbonyl (C=S) groups is 1. The summed E-state index contributed by atoms with van der Waals surface area (Å²) in [6, 6.07) is 7.01. The maximum absolute atomic E-state index is 12.5. The molecule has 1 aromatic carbocycles. The highest BCUT2D eigenvalue weighted by Gasteiger charge is 2.30. The molecule has 1 aliphatic heterocycles. The van der Waals surface area contributed by atoms with Crippen LogP contribution in [0.5, 0.6) is 0 Å². The van der Waals surface area contributed by atoms with Crippen molar-refractivity contribution < 1.29 is 19.1 Å². The average molecular weight is 392 g/mol. The fraction of sp³-hybridized carbons (Fsp3) is 0.444. The summed E-state index contributed by atoms with van der Waals surface area (Å²) in [5.74, 6) is -0.994. The number of rotatable bonds is 7. The SMILES string of the molecule is COCCCNC(=S)N(C)NC(=O)CCN1C(=O)Cc2ccccc2C1=O. The van der Waals surface area contributed by atoms with Gasteiger partial charge in [0, 0.05) is 45.8 Å². The molecule has 9 heteroatoms. The van der Waals surface area contributed by atoms with Gasteiger partial charge >= 0.3 is 0 Å². The number of imide groups is 1. The van der Waals surface area contributed by atoms with Crippen LogP contribution in [0, 0.1) is 0 Å². The molecule has 0 aromatic heterocycles. The molecule has 0 aliphatic carbocycles. The monoisotopic (exact) mass is 392 g/mol. The van der Waals surface area contributed by atoms with Gasteiger partial charge in [0.2, 0.25) is 11.8 Å². The number of carbonyl (C=O) groups excluding carboxylic acids is 3. The van der Waals surface area contributed by atoms with Crippen molar-refractivity contribution in [3.05, 3.63) is 35.4 Å². The number of benzene rings is 1. The molecule has 0 fully saturated rings. The highest BCUT2D eigenvalue weighted by atomic mass is 32.1. The van der Waals surface area contributed by atoms with Gasteiger partial charge in [0.1, 0.15) is 0 Å². The van der Waals surface area contributed by atoms with E-state index in [1.165, 1.54) is 5.01 Å². The Morgan fingerprint density at radius 2 is 2.07 bits per heavy atom. The summed E-state index contributed by atoms with van der Waals surface area (Å²) in [4.78, 5) is 37.9. The zero-order valence-electron chi connectivity index (χ0n) is 15.5. The predicted molar refractivity (Wildman–Crippen MR) is 104 cm³/mol. The molecule has 2 N–H and O–H groups in total. The van der Waals surface area contributed by atoms with Gasteiger partial charge in [0.25, 0.3) is 5.91 Å². The zero-order valence-corrected chi connectivity index (χ0v) is 16.3. The van der Waals surface area contributed by atoms with Crippen LogP contribution in [0.25, 0.3) is 0 Å². The molecule has 1 heterocycles. The third-order valence-corrected chi connectivity index (χ3v) is 4.51. The van der Waals surface area contributed by atoms with Crippen LogP contribution in [0.3, 0.4) is 0 Å². The van der Waals surface area contributed by atoms with E-state index < -0.39 is 0 Å². The molecule has 0 spiro atoms. The van der Waals surface area contributed by atoms with E-state index in [0.717, 1.165) is 16.9 Å². The molecular formula is C18H24N4O4S. The topological polar surface area (TPSA) is 91.0 Å². The van der Waals surface area contributed by atoms with Crippen molar-refractivity contribution in [2.75, 3.05) is 33.9 Å². The predicted octanol–water partition coefficient (Wildman–Crippen LogP) is 0.476. The summed E-state index contributed by atoms with van der Waals surface area (Å²) in [7, 11) is 3.25. The second kappa shape index (κ2) is 9.98. The summed E-state index contributed by atoms with van der Waals surface area (Å²) in [5.41, 5.74) is 3.85. The molecule has 2 rings (SSSR count). The van der Waals surface area contributed by atoms with Gasteiger partial charge in [-0.25, -0.2) is 0 Å². The summed E-state index contributed by atoms with van der Waals surface area (Å²) < 4.78 is 4.95. The van der Waals surface area contributed by atoms with Crippen LogP contribution >= 0.6 is 12.2 Å². The van der Waals surface area contributed by atoms with Crippen molar-refractivity contribution in [1.82, 2.24) is 20.7 Å². The van der Waals surface area contributed by atoms with Crippen LogP contribution in [0.1, 0.15) is 28.8 Å². The Morgan fingerprint density at radius 1 is 1.33 bits per heavy atom. The number of hydrogen-bond acceptors (Lipinski definition) is 5. The van der Waals surface area contributed by atoms with Gasteiger partial charge in [-0.15, -0.1) is 0 Å². The second-order valence-corrected chi connectivity index (χ2v) is 6.49. The second-order valence-electron chi connectivity index (χ2n) is 6.11. The molecule has 27 heavy (non-hydrogen) atoms. The number of carbonyl (C=O) groups is 3. The Kier molecular flexibility index (Phi) is 7.68. The molecular weight excluding hydrogens is 368 g/mol. The molecule has 0 atom stereocenters. The van der Waals surface area contributed by atoms with Gasteiger partial charge in [-0.1, -0.05) is 18.2 Å². The third kappa shape index (κ3) is 5.73. The number of methoxy groups -OCH3 is 1. The minimum absolute atomic E-state index is 0.00370. The van der Waals surface area contributed by atoms with Crippen molar-refractivity contribution in [3.63, 3.8) is 0 Å². The highest BCUT2D eigenvalue weighted by molar-refractivity contribution is 7.80. The van der Waals surface area contributed by atoms with E-state index in [-0.39, 0.29) is 37.1 Å². The molecule has 0 saturated carbocycles. The first-order chi connectivity index (χ1) is 12.9. The van der Waals surface area contributed by atoms with Crippen LogP contribution in [0.15, 0.2) is 24.3 Å². The van der Waals surface area contributed by atoms with E-state index in [1.807, 2.05) is 0 Å². The van der Waals surface area contributed by atoms with E-state index >= 15 is 0 Å². The zero-order chi connectivity index (χ0) is 19.8. The lowest BCUT2D eigenvalue weighted by molar-refractivity contribution is -0.129. The normalized spacial score (nSPS) is 13.2. The molecule has 0 bridgehead atoms. The Bertz CT molecular complexity index is 725. The first-order valence-corrected chi connectivity index (χ1v) is 9.07. The maximum atomic E-state index is 12.5. The summed E-state index contributed by atoms with van der Waals surface area (Å²) in [5, 5.41) is 4.77. The van der Waals surface area contributed by atoms with Crippen LogP contribution in [-0.4, -0.2) is 66.6 Å². The summed E-state index contributed by atoms with van der Waals surface area (Å²) in [6.07, 6.45) is 0.953. The fourth-order valence-electron chi connectivity index (χ4n) is 2.66. The van der Waals surface area contributed by atoms with Crippen molar-refractivity contribution in [3.8, 4) is 0 Å². The standard InChI is InChI=1S/C18H24N4O4S/c1-21(18(27)19-9-5-11-26-2)20-15(23)8-10-22-16(24)12-13-6-3-4-7-14(13)17(22)25/h3-4,6-7H,5,8-12H2,1-2H3,(H,19,27)(H,20,23). The molecule has 0 radical (unpaired) electrons. The number of hydrogen-bond donors (Lipinski definition) is 2. The van der Waals surface area contributed by atoms with E-state index in [1.54, 1.807) is 38.4 Å². The van der Waals surface area contributed by atoms with Gasteiger partial charge in [-0.05, 0) is 30.3 Å². The Hall–Kier alpha value is -2.52. The molecule has 1 aliphatic rings. The fourth-order valence-corrected chi connectivity index (χ4v) is 2.81. The van der Waals surface area contributed by atoms with Gasteiger partial charge in [0.15, 0.2) is 5.11 Å². The number of amides is 3. The Labute approximate surface area is 163 Å². The van der Waals surface area contributed by atoms with Crippen molar-refractivity contribution >= 4 is 35.1 Å². The molecule has 0 saturated heterocycles. The smallest absolute Gasteiger partial charge is 0.260 e. The highest BCUT2D eigenvalue weighted by Crippen LogP contribution is 2.19. The Balaban J connectivity index is 1.80. The lowest BCUT2D eigenvalue weighted by Crippen LogP contribution is -2.49. The number of fused-ring (bicyclic) bond motifs is 1. The third-order valence-electron chi connectivity index (χ3n) is 4.10. The first-order valence-electron chi connectivity index (χ1n) is 8.66. The lowest BCUT2D eigenvalue weighted by atomic mass is 9.98. The van der Waals surface area contributed by atoms with Gasteiger partial charge < -0.3 is 10.1 Å². The number of hydrazine groups is 1. The van der Waals surface area contributed by atoms with E-state index in [4.69, 9.17) is 17.0 Å². The maximum Gasteiger partial charge on any atom is 0.260 e. The minimum atomic E-state index is -0.363. The molecule has 8 nitrogen and oxygen atoms in total. The van der Waals surface area contributed by atoms with E-state index in [9.17, 15) is 14.4 Å². The number of nitrogens with zero attached hydrogens (tertiary/aromatic N) is 2. The van der Waals surface area contributed by atoms with E-state index in [2.05, 4.69) is 10.7 Å². The quantitative estimate of drug-likeness (QED) is 0.302. The Morgan fingerprint density at radius 3 is 2.81 bits per heavy atom. The summed E-state index contributed by atoms with van der Waals surface area (Å²) in [6.45, 7) is 1.27. The molecule has 1 aromatic rings. The van der Waals surface area contributed by atoms with Crippen LogP contribution in [-0.2, 0) is 20.7 Å². The van der Waals surface area contributed by atoms with Crippen molar-refractivity contribution in [2.45, 2.75) is 19.3 Å². The molecule has 146 valence electrons. The summed E-state index contributed by atoms with van der Waals surface area (Å²) >= 11 is 5.18. The minimum Gasteiger partial charge on any atom is -0.385 e. The van der Waals surface area contributed by atoms with Crippen molar-refractivity contribution in [2.24, 2.45) is 0 Å². The number of nitrogens with one attached hydrogen (secondary N) is 2.